The molecule has 0 amide bonds. The Hall–Kier alpha value is -1.07. The highest BCUT2D eigenvalue weighted by Gasteiger charge is 2.33. The molecule has 0 spiro atoms. The number of nitrogens with two attached hydrogens (primary N) is 1. The summed E-state index contributed by atoms with van der Waals surface area (Å²) in [4.78, 5) is 11.1. The molecule has 0 saturated heterocycles. The van der Waals surface area contributed by atoms with Crippen LogP contribution in [-0.2, 0) is 10.4 Å². The summed E-state index contributed by atoms with van der Waals surface area (Å²) in [6.07, 6.45) is 0. The molecule has 5 heteroatoms. The van der Waals surface area contributed by atoms with Gasteiger partial charge in [-0.25, -0.2) is 10.1 Å². The second-order valence-corrected chi connectivity index (χ2v) is 4.91. The zero-order valence-corrected chi connectivity index (χ0v) is 9.97. The fourth-order valence-corrected chi connectivity index (χ4v) is 2.48. The van der Waals surface area contributed by atoms with E-state index in [1.54, 1.807) is 18.4 Å². The molecule has 0 fully saturated rings. The summed E-state index contributed by atoms with van der Waals surface area (Å²) in [7, 11) is 1.76. The first-order valence-corrected chi connectivity index (χ1v) is 5.67. The summed E-state index contributed by atoms with van der Waals surface area (Å²) in [6, 6.07) is 2.14. The van der Waals surface area contributed by atoms with Gasteiger partial charge >= 0.3 is 0 Å². The van der Waals surface area contributed by atoms with E-state index in [4.69, 9.17) is 10.6 Å². The van der Waals surface area contributed by atoms with Crippen LogP contribution in [0.2, 0.25) is 0 Å². The zero-order valence-electron chi connectivity index (χ0n) is 9.15. The lowest BCUT2D eigenvalue weighted by molar-refractivity contribution is -0.112. The molecule has 2 N–H and O–H groups in total. The van der Waals surface area contributed by atoms with Crippen LogP contribution in [0, 0.1) is 6.92 Å². The molecule has 0 saturated carbocycles. The second kappa shape index (κ2) is 3.50. The molecule has 1 aliphatic rings. The fraction of sp³-hybridized carbons (Fsp3) is 0.500. The van der Waals surface area contributed by atoms with Gasteiger partial charge in [0.15, 0.2) is 0 Å². The molecular weight excluding hydrogens is 210 g/mol. The van der Waals surface area contributed by atoms with Crippen LogP contribution in [0.5, 0.6) is 0 Å². The summed E-state index contributed by atoms with van der Waals surface area (Å²) in [5.41, 5.74) is 6.67. The average molecular weight is 225 g/mol. The Labute approximate surface area is 93.3 Å². The third-order valence-electron chi connectivity index (χ3n) is 2.48. The van der Waals surface area contributed by atoms with Gasteiger partial charge in [-0.05, 0) is 30.9 Å². The maximum absolute atomic E-state index is 5.75. The van der Waals surface area contributed by atoms with E-state index in [9.17, 15) is 0 Å². The standard InChI is InChI=1S/C10H15N3OS/c1-7-4-8(15-5-7)10(2)6-14-13(3)9(11)12-10/h4-5H,6H2,1-3H3,(H2,11,12). The van der Waals surface area contributed by atoms with Gasteiger partial charge in [-0.1, -0.05) is 0 Å². The van der Waals surface area contributed by atoms with Crippen LogP contribution in [0.3, 0.4) is 0 Å². The van der Waals surface area contributed by atoms with E-state index >= 15 is 0 Å². The predicted molar refractivity (Wildman–Crippen MR) is 61.7 cm³/mol. The maximum atomic E-state index is 5.75. The van der Waals surface area contributed by atoms with Crippen molar-refractivity contribution in [2.45, 2.75) is 19.4 Å². The van der Waals surface area contributed by atoms with Crippen molar-refractivity contribution in [1.82, 2.24) is 5.06 Å². The van der Waals surface area contributed by atoms with Crippen molar-refractivity contribution >= 4 is 17.3 Å². The van der Waals surface area contributed by atoms with Gasteiger partial charge in [0.1, 0.15) is 12.1 Å². The molecular formula is C10H15N3OS. The van der Waals surface area contributed by atoms with Gasteiger partial charge in [0.25, 0.3) is 0 Å². The lowest BCUT2D eigenvalue weighted by Crippen LogP contribution is -2.45. The van der Waals surface area contributed by atoms with Crippen LogP contribution in [0.15, 0.2) is 16.4 Å². The van der Waals surface area contributed by atoms with Crippen molar-refractivity contribution in [2.24, 2.45) is 10.7 Å². The highest BCUT2D eigenvalue weighted by Crippen LogP contribution is 2.33. The molecule has 0 radical (unpaired) electrons. The van der Waals surface area contributed by atoms with Crippen LogP contribution in [0.4, 0.5) is 0 Å². The Morgan fingerprint density at radius 2 is 2.40 bits per heavy atom. The van der Waals surface area contributed by atoms with Gasteiger partial charge in [0.2, 0.25) is 5.96 Å². The van der Waals surface area contributed by atoms with Crippen molar-refractivity contribution in [2.75, 3.05) is 13.7 Å². The van der Waals surface area contributed by atoms with Crippen LogP contribution in [0.1, 0.15) is 17.4 Å². The molecule has 0 bridgehead atoms. The number of aryl methyl sites for hydroxylation is 1. The van der Waals surface area contributed by atoms with Gasteiger partial charge < -0.3 is 5.73 Å². The van der Waals surface area contributed by atoms with E-state index < -0.39 is 0 Å². The Morgan fingerprint density at radius 1 is 1.67 bits per heavy atom. The molecule has 2 heterocycles. The summed E-state index contributed by atoms with van der Waals surface area (Å²) in [5.74, 6) is 0.426. The first-order chi connectivity index (χ1) is 7.01. The van der Waals surface area contributed by atoms with E-state index in [1.807, 2.05) is 6.92 Å². The summed E-state index contributed by atoms with van der Waals surface area (Å²) >= 11 is 1.70. The molecule has 1 unspecified atom stereocenters. The fourth-order valence-electron chi connectivity index (χ4n) is 1.48. The normalized spacial score (nSPS) is 26.6. The lowest BCUT2D eigenvalue weighted by Gasteiger charge is -2.33. The summed E-state index contributed by atoms with van der Waals surface area (Å²) < 4.78 is 0. The number of hydrogen-bond donors (Lipinski definition) is 1. The van der Waals surface area contributed by atoms with Crippen LogP contribution in [0.25, 0.3) is 0 Å². The molecule has 1 aromatic heterocycles. The molecule has 2 rings (SSSR count). The molecule has 0 aliphatic carbocycles. The minimum Gasteiger partial charge on any atom is -0.368 e. The van der Waals surface area contributed by atoms with Crippen LogP contribution in [-0.4, -0.2) is 24.7 Å². The van der Waals surface area contributed by atoms with Gasteiger partial charge in [-0.2, -0.15) is 0 Å². The van der Waals surface area contributed by atoms with Crippen molar-refractivity contribution in [3.8, 4) is 0 Å². The first kappa shape index (κ1) is 10.4. The maximum Gasteiger partial charge on any atom is 0.216 e. The minimum atomic E-state index is -0.338. The average Bonchev–Trinajstić information content (AvgIpc) is 2.60. The molecule has 82 valence electrons. The van der Waals surface area contributed by atoms with Gasteiger partial charge in [0.05, 0.1) is 0 Å². The van der Waals surface area contributed by atoms with E-state index in [0.717, 1.165) is 0 Å². The summed E-state index contributed by atoms with van der Waals surface area (Å²) in [6.45, 7) is 4.65. The number of hydrogen-bond acceptors (Lipinski definition) is 5. The number of rotatable bonds is 1. The zero-order chi connectivity index (χ0) is 11.1. The quantitative estimate of drug-likeness (QED) is 0.787. The number of thiophene rings is 1. The molecule has 15 heavy (non-hydrogen) atoms. The first-order valence-electron chi connectivity index (χ1n) is 4.79. The van der Waals surface area contributed by atoms with Crippen molar-refractivity contribution < 1.29 is 4.84 Å². The molecule has 4 nitrogen and oxygen atoms in total. The Morgan fingerprint density at radius 3 is 2.93 bits per heavy atom. The van der Waals surface area contributed by atoms with Gasteiger partial charge in [0, 0.05) is 11.9 Å². The SMILES string of the molecule is Cc1csc(C2(C)CON(C)C(N)=N2)c1. The highest BCUT2D eigenvalue weighted by atomic mass is 32.1. The number of aliphatic imine (C=N–C) groups is 1. The second-order valence-electron chi connectivity index (χ2n) is 4.00. The van der Waals surface area contributed by atoms with E-state index in [1.165, 1.54) is 15.5 Å². The van der Waals surface area contributed by atoms with Crippen molar-refractivity contribution in [3.63, 3.8) is 0 Å². The highest BCUT2D eigenvalue weighted by molar-refractivity contribution is 7.10. The number of guanidine groups is 1. The molecule has 1 aromatic rings. The van der Waals surface area contributed by atoms with Gasteiger partial charge in [-0.15, -0.1) is 11.3 Å². The Bertz CT molecular complexity index is 401. The Kier molecular flexibility index (Phi) is 2.44. The number of nitrogens with zero attached hydrogens (tertiary/aromatic N) is 2. The molecule has 0 aromatic carbocycles. The predicted octanol–water partition coefficient (Wildman–Crippen LogP) is 1.46. The monoisotopic (exact) mass is 225 g/mol. The molecule has 1 aliphatic heterocycles. The largest absolute Gasteiger partial charge is 0.368 e. The van der Waals surface area contributed by atoms with Crippen molar-refractivity contribution in [1.29, 1.82) is 0 Å². The topological polar surface area (TPSA) is 50.9 Å². The van der Waals surface area contributed by atoms with E-state index in [-0.39, 0.29) is 5.54 Å². The van der Waals surface area contributed by atoms with Crippen molar-refractivity contribution in [3.05, 3.63) is 21.9 Å². The van der Waals surface area contributed by atoms with Crippen LogP contribution < -0.4 is 5.73 Å². The van der Waals surface area contributed by atoms with Gasteiger partial charge in [-0.3, -0.25) is 4.84 Å². The van der Waals surface area contributed by atoms with E-state index in [0.29, 0.717) is 12.6 Å². The third-order valence-corrected chi connectivity index (χ3v) is 3.79. The number of hydroxylamine groups is 2. The van der Waals surface area contributed by atoms with E-state index in [2.05, 4.69) is 23.4 Å². The Balaban J connectivity index is 2.36. The summed E-state index contributed by atoms with van der Waals surface area (Å²) in [5, 5.41) is 3.62. The third kappa shape index (κ3) is 1.85. The van der Waals surface area contributed by atoms with Crippen LogP contribution >= 0.6 is 11.3 Å². The lowest BCUT2D eigenvalue weighted by atomic mass is 10.0. The smallest absolute Gasteiger partial charge is 0.216 e. The minimum absolute atomic E-state index is 0.338. The molecule has 1 atom stereocenters.